The van der Waals surface area contributed by atoms with Gasteiger partial charge in [-0.05, 0) is 52.4 Å². The molecule has 2 nitrogen and oxygen atoms in total. The summed E-state index contributed by atoms with van der Waals surface area (Å²) in [6, 6.07) is 7.12. The highest BCUT2D eigenvalue weighted by Crippen LogP contribution is 2.30. The fourth-order valence-corrected chi connectivity index (χ4v) is 2.30. The Morgan fingerprint density at radius 1 is 1.29 bits per heavy atom. The van der Waals surface area contributed by atoms with Crippen molar-refractivity contribution in [2.24, 2.45) is 0 Å². The minimum atomic E-state index is 0.329. The van der Waals surface area contributed by atoms with Crippen LogP contribution in [0.3, 0.4) is 0 Å². The number of hydrogen-bond acceptors (Lipinski definition) is 2. The second kappa shape index (κ2) is 6.27. The molecule has 0 heterocycles. The monoisotopic (exact) mass is 254 g/mol. The molecule has 0 saturated heterocycles. The molecule has 0 aliphatic rings. The first-order valence-corrected chi connectivity index (χ1v) is 6.62. The molecule has 0 aliphatic carbocycles. The van der Waals surface area contributed by atoms with Gasteiger partial charge in [0.2, 0.25) is 0 Å². The quantitative estimate of drug-likeness (QED) is 0.859. The first kappa shape index (κ1) is 14.3. The van der Waals surface area contributed by atoms with Gasteiger partial charge in [-0.2, -0.15) is 0 Å². The van der Waals surface area contributed by atoms with Crippen LogP contribution in [-0.2, 0) is 0 Å². The summed E-state index contributed by atoms with van der Waals surface area (Å²) in [5.41, 5.74) is 2.34. The molecule has 0 amide bonds. The topological polar surface area (TPSA) is 15.3 Å². The first-order chi connectivity index (χ1) is 8.01. The normalized spacial score (nSPS) is 12.9. The van der Waals surface area contributed by atoms with Gasteiger partial charge in [-0.1, -0.05) is 17.7 Å². The minimum Gasteiger partial charge on any atom is -0.368 e. The molecule has 96 valence electrons. The van der Waals surface area contributed by atoms with E-state index in [2.05, 4.69) is 56.1 Å². The molecule has 0 saturated carbocycles. The van der Waals surface area contributed by atoms with Gasteiger partial charge >= 0.3 is 0 Å². The maximum atomic E-state index is 6.38. The molecule has 0 spiro atoms. The van der Waals surface area contributed by atoms with E-state index in [-0.39, 0.29) is 0 Å². The van der Waals surface area contributed by atoms with Crippen LogP contribution >= 0.6 is 11.6 Å². The van der Waals surface area contributed by atoms with Crippen LogP contribution in [0, 0.1) is 0 Å². The molecule has 1 aromatic rings. The van der Waals surface area contributed by atoms with Crippen molar-refractivity contribution in [3.63, 3.8) is 0 Å². The van der Waals surface area contributed by atoms with Crippen LogP contribution in [0.5, 0.6) is 0 Å². The molecular weight excluding hydrogens is 232 g/mol. The largest absolute Gasteiger partial charge is 0.368 e. The summed E-state index contributed by atoms with van der Waals surface area (Å²) in [4.78, 5) is 2.30. The summed E-state index contributed by atoms with van der Waals surface area (Å²) in [6.45, 7) is 9.62. The summed E-state index contributed by atoms with van der Waals surface area (Å²) in [5, 5.41) is 4.06. The Hall–Kier alpha value is -0.730. The van der Waals surface area contributed by atoms with Gasteiger partial charge in [-0.25, -0.2) is 0 Å². The van der Waals surface area contributed by atoms with Gasteiger partial charge in [0.05, 0.1) is 10.7 Å². The van der Waals surface area contributed by atoms with E-state index >= 15 is 0 Å². The van der Waals surface area contributed by atoms with Crippen molar-refractivity contribution >= 4 is 17.3 Å². The van der Waals surface area contributed by atoms with Crippen molar-refractivity contribution in [3.05, 3.63) is 28.8 Å². The van der Waals surface area contributed by atoms with Crippen molar-refractivity contribution in [1.29, 1.82) is 0 Å². The molecule has 1 rings (SSSR count). The third kappa shape index (κ3) is 3.36. The zero-order chi connectivity index (χ0) is 13.0. The summed E-state index contributed by atoms with van der Waals surface area (Å²) < 4.78 is 0. The molecule has 1 unspecified atom stereocenters. The van der Waals surface area contributed by atoms with Crippen LogP contribution in [0.4, 0.5) is 5.69 Å². The average molecular weight is 255 g/mol. The molecule has 0 radical (unpaired) electrons. The molecule has 1 aromatic carbocycles. The van der Waals surface area contributed by atoms with Gasteiger partial charge in [0, 0.05) is 18.6 Å². The molecule has 0 aromatic heterocycles. The average Bonchev–Trinajstić information content (AvgIpc) is 2.30. The molecule has 17 heavy (non-hydrogen) atoms. The Kier molecular flexibility index (Phi) is 5.29. The SMILES string of the molecule is CCN(c1ccc(C(C)NC)cc1Cl)C(C)C. The highest BCUT2D eigenvalue weighted by atomic mass is 35.5. The number of anilines is 1. The first-order valence-electron chi connectivity index (χ1n) is 6.24. The van der Waals surface area contributed by atoms with E-state index in [9.17, 15) is 0 Å². The lowest BCUT2D eigenvalue weighted by Crippen LogP contribution is -2.30. The van der Waals surface area contributed by atoms with Gasteiger partial charge in [0.1, 0.15) is 0 Å². The van der Waals surface area contributed by atoms with Crippen LogP contribution < -0.4 is 10.2 Å². The molecular formula is C14H23ClN2. The van der Waals surface area contributed by atoms with Crippen molar-refractivity contribution in [3.8, 4) is 0 Å². The van der Waals surface area contributed by atoms with Gasteiger partial charge in [0.25, 0.3) is 0 Å². The lowest BCUT2D eigenvalue weighted by Gasteiger charge is -2.29. The Morgan fingerprint density at radius 3 is 2.35 bits per heavy atom. The predicted molar refractivity (Wildman–Crippen MR) is 77.1 cm³/mol. The number of benzene rings is 1. The number of rotatable bonds is 5. The number of halogens is 1. The summed E-state index contributed by atoms with van der Waals surface area (Å²) in [7, 11) is 1.96. The predicted octanol–water partition coefficient (Wildman–Crippen LogP) is 3.86. The maximum absolute atomic E-state index is 6.38. The molecule has 0 fully saturated rings. The standard InChI is InChI=1S/C14H23ClN2/c1-6-17(10(2)3)14-8-7-12(9-13(14)15)11(4)16-5/h7-11,16H,6H2,1-5H3. The third-order valence-corrected chi connectivity index (χ3v) is 3.48. The van der Waals surface area contributed by atoms with Crippen LogP contribution in [0.15, 0.2) is 18.2 Å². The van der Waals surface area contributed by atoms with E-state index in [1.165, 1.54) is 5.56 Å². The van der Waals surface area contributed by atoms with Crippen LogP contribution in [-0.4, -0.2) is 19.6 Å². The zero-order valence-corrected chi connectivity index (χ0v) is 12.2. The Balaban J connectivity index is 3.04. The maximum Gasteiger partial charge on any atom is 0.0642 e. The fraction of sp³-hybridized carbons (Fsp3) is 0.571. The minimum absolute atomic E-state index is 0.329. The van der Waals surface area contributed by atoms with Gasteiger partial charge < -0.3 is 10.2 Å². The van der Waals surface area contributed by atoms with Crippen LogP contribution in [0.1, 0.15) is 39.3 Å². The van der Waals surface area contributed by atoms with Crippen LogP contribution in [0.25, 0.3) is 0 Å². The number of nitrogens with zero attached hydrogens (tertiary/aromatic N) is 1. The third-order valence-electron chi connectivity index (χ3n) is 3.18. The van der Waals surface area contributed by atoms with E-state index in [4.69, 9.17) is 11.6 Å². The summed E-state index contributed by atoms with van der Waals surface area (Å²) in [5.74, 6) is 0. The van der Waals surface area contributed by atoms with Gasteiger partial charge in [-0.15, -0.1) is 0 Å². The molecule has 0 aliphatic heterocycles. The van der Waals surface area contributed by atoms with Gasteiger partial charge in [0.15, 0.2) is 0 Å². The lowest BCUT2D eigenvalue weighted by atomic mass is 10.1. The molecule has 1 N–H and O–H groups in total. The summed E-state index contributed by atoms with van der Waals surface area (Å²) in [6.07, 6.45) is 0. The van der Waals surface area contributed by atoms with Crippen molar-refractivity contribution in [2.45, 2.75) is 39.8 Å². The molecule has 0 bridgehead atoms. The highest BCUT2D eigenvalue weighted by molar-refractivity contribution is 6.33. The second-order valence-corrected chi connectivity index (χ2v) is 5.01. The van der Waals surface area contributed by atoms with Crippen molar-refractivity contribution in [2.75, 3.05) is 18.5 Å². The van der Waals surface area contributed by atoms with Crippen LogP contribution in [0.2, 0.25) is 5.02 Å². The molecule has 3 heteroatoms. The molecule has 1 atom stereocenters. The van der Waals surface area contributed by atoms with Crippen molar-refractivity contribution in [1.82, 2.24) is 5.32 Å². The van der Waals surface area contributed by atoms with E-state index < -0.39 is 0 Å². The van der Waals surface area contributed by atoms with E-state index in [1.807, 2.05) is 7.05 Å². The second-order valence-electron chi connectivity index (χ2n) is 4.60. The Bertz CT molecular complexity index is 363. The number of hydrogen-bond donors (Lipinski definition) is 1. The van der Waals surface area contributed by atoms with Crippen molar-refractivity contribution < 1.29 is 0 Å². The lowest BCUT2D eigenvalue weighted by molar-refractivity contribution is 0.651. The van der Waals surface area contributed by atoms with E-state index in [0.29, 0.717) is 12.1 Å². The van der Waals surface area contributed by atoms with Gasteiger partial charge in [-0.3, -0.25) is 0 Å². The Morgan fingerprint density at radius 2 is 1.94 bits per heavy atom. The number of nitrogens with one attached hydrogen (secondary N) is 1. The van der Waals surface area contributed by atoms with E-state index in [0.717, 1.165) is 17.3 Å². The zero-order valence-electron chi connectivity index (χ0n) is 11.4. The summed E-state index contributed by atoms with van der Waals surface area (Å²) >= 11 is 6.38. The fourth-order valence-electron chi connectivity index (χ4n) is 2.01. The Labute approximate surface area is 110 Å². The van der Waals surface area contributed by atoms with E-state index in [1.54, 1.807) is 0 Å². The highest BCUT2D eigenvalue weighted by Gasteiger charge is 2.13. The smallest absolute Gasteiger partial charge is 0.0642 e.